The third-order valence-electron chi connectivity index (χ3n) is 7.94. The molecular formula is C34H35N7O3. The van der Waals surface area contributed by atoms with Crippen molar-refractivity contribution in [3.05, 3.63) is 95.8 Å². The smallest absolute Gasteiger partial charge is 0.335 e. The van der Waals surface area contributed by atoms with Crippen LogP contribution in [0.25, 0.3) is 16.9 Å². The fourth-order valence-electron chi connectivity index (χ4n) is 5.67. The molecule has 0 spiro atoms. The van der Waals surface area contributed by atoms with Crippen molar-refractivity contribution in [3.8, 4) is 11.3 Å². The highest BCUT2D eigenvalue weighted by atomic mass is 16.4. The Morgan fingerprint density at radius 1 is 1.02 bits per heavy atom. The molecule has 1 aliphatic heterocycles. The summed E-state index contributed by atoms with van der Waals surface area (Å²) >= 11 is 0. The van der Waals surface area contributed by atoms with Crippen LogP contribution < -0.4 is 15.5 Å². The van der Waals surface area contributed by atoms with Crippen LogP contribution in [0.4, 0.5) is 23.0 Å². The first kappa shape index (κ1) is 28.9. The minimum atomic E-state index is -0.999. The van der Waals surface area contributed by atoms with Crippen LogP contribution in [0.15, 0.2) is 79.1 Å². The van der Waals surface area contributed by atoms with Crippen LogP contribution in [0.2, 0.25) is 0 Å². The highest BCUT2D eigenvalue weighted by Crippen LogP contribution is 2.31. The highest BCUT2D eigenvalue weighted by molar-refractivity contribution is 6.05. The van der Waals surface area contributed by atoms with Gasteiger partial charge in [0, 0.05) is 41.8 Å². The molecule has 1 saturated heterocycles. The van der Waals surface area contributed by atoms with E-state index in [4.69, 9.17) is 10.1 Å². The number of anilines is 4. The lowest BCUT2D eigenvalue weighted by molar-refractivity contribution is 0.0694. The number of benzene rings is 2. The van der Waals surface area contributed by atoms with Crippen LogP contribution in [-0.4, -0.2) is 49.2 Å². The molecule has 3 aromatic heterocycles. The molecule has 0 saturated carbocycles. The zero-order chi connectivity index (χ0) is 31.0. The van der Waals surface area contributed by atoms with E-state index in [1.165, 1.54) is 6.07 Å². The van der Waals surface area contributed by atoms with Crippen molar-refractivity contribution in [2.24, 2.45) is 0 Å². The highest BCUT2D eigenvalue weighted by Gasteiger charge is 2.23. The third-order valence-corrected chi connectivity index (χ3v) is 7.94. The van der Waals surface area contributed by atoms with Gasteiger partial charge in [-0.25, -0.2) is 19.3 Å². The van der Waals surface area contributed by atoms with Crippen molar-refractivity contribution in [2.75, 3.05) is 22.1 Å². The van der Waals surface area contributed by atoms with Crippen molar-refractivity contribution in [2.45, 2.75) is 52.0 Å². The number of fused-ring (bicyclic) bond motifs is 1. The van der Waals surface area contributed by atoms with Gasteiger partial charge >= 0.3 is 5.97 Å². The van der Waals surface area contributed by atoms with E-state index in [2.05, 4.69) is 27.4 Å². The minimum absolute atomic E-state index is 0.218. The molecule has 0 bridgehead atoms. The molecule has 3 N–H and O–H groups in total. The fraction of sp³-hybridized carbons (Fsp3) is 0.265. The van der Waals surface area contributed by atoms with Gasteiger partial charge in [0.05, 0.1) is 16.9 Å². The number of nitrogens with one attached hydrogen (secondary N) is 2. The van der Waals surface area contributed by atoms with Crippen LogP contribution >= 0.6 is 0 Å². The first-order chi connectivity index (χ1) is 21.1. The molecule has 4 heterocycles. The summed E-state index contributed by atoms with van der Waals surface area (Å²) in [5.41, 5.74) is 4.21. The molecule has 224 valence electrons. The number of aromatic carboxylic acids is 1. The Balaban J connectivity index is 1.28. The number of amides is 1. The third kappa shape index (κ3) is 5.83. The minimum Gasteiger partial charge on any atom is -0.478 e. The average molecular weight is 590 g/mol. The number of imidazole rings is 1. The maximum atomic E-state index is 13.3. The molecular weight excluding hydrogens is 554 g/mol. The number of carboxylic acids is 1. The van der Waals surface area contributed by atoms with Gasteiger partial charge < -0.3 is 20.6 Å². The van der Waals surface area contributed by atoms with E-state index in [1.54, 1.807) is 41.2 Å². The van der Waals surface area contributed by atoms with Gasteiger partial charge in [0.1, 0.15) is 11.6 Å². The van der Waals surface area contributed by atoms with Crippen LogP contribution in [0.1, 0.15) is 66.8 Å². The molecule has 6 rings (SSSR count). The van der Waals surface area contributed by atoms with Gasteiger partial charge in [-0.15, -0.1) is 0 Å². The molecule has 2 aromatic carbocycles. The predicted octanol–water partition coefficient (Wildman–Crippen LogP) is 6.77. The summed E-state index contributed by atoms with van der Waals surface area (Å²) in [5, 5.41) is 20.7. The molecule has 1 atom stereocenters. The van der Waals surface area contributed by atoms with Gasteiger partial charge in [-0.05, 0) is 79.3 Å². The largest absolute Gasteiger partial charge is 0.478 e. The number of aromatic nitrogens is 4. The summed E-state index contributed by atoms with van der Waals surface area (Å²) in [4.78, 5) is 36.8. The number of nitrogens with zero attached hydrogens (tertiary/aromatic N) is 5. The van der Waals surface area contributed by atoms with Gasteiger partial charge in [-0.1, -0.05) is 39.0 Å². The zero-order valence-electron chi connectivity index (χ0n) is 25.2. The molecule has 10 nitrogen and oxygen atoms in total. The van der Waals surface area contributed by atoms with Crippen molar-refractivity contribution < 1.29 is 14.7 Å². The summed E-state index contributed by atoms with van der Waals surface area (Å²) in [7, 11) is 0. The van der Waals surface area contributed by atoms with E-state index < -0.39 is 11.4 Å². The molecule has 1 amide bonds. The van der Waals surface area contributed by atoms with Gasteiger partial charge in [0.15, 0.2) is 5.65 Å². The van der Waals surface area contributed by atoms with Crippen LogP contribution in [0.3, 0.4) is 0 Å². The maximum absolute atomic E-state index is 13.3. The van der Waals surface area contributed by atoms with Crippen molar-refractivity contribution in [3.63, 3.8) is 0 Å². The second-order valence-corrected chi connectivity index (χ2v) is 12.2. The van der Waals surface area contributed by atoms with Crippen LogP contribution in [0, 0.1) is 0 Å². The normalized spacial score (nSPS) is 15.0. The second kappa shape index (κ2) is 11.4. The Morgan fingerprint density at radius 3 is 2.59 bits per heavy atom. The van der Waals surface area contributed by atoms with E-state index in [9.17, 15) is 14.7 Å². The van der Waals surface area contributed by atoms with Crippen molar-refractivity contribution in [1.82, 2.24) is 19.6 Å². The molecule has 1 fully saturated rings. The van der Waals surface area contributed by atoms with E-state index in [1.807, 2.05) is 57.2 Å². The van der Waals surface area contributed by atoms with E-state index in [0.717, 1.165) is 36.5 Å². The topological polar surface area (TPSA) is 125 Å². The van der Waals surface area contributed by atoms with Gasteiger partial charge in [0.25, 0.3) is 5.91 Å². The Labute approximate surface area is 255 Å². The summed E-state index contributed by atoms with van der Waals surface area (Å²) in [6, 6.07) is 20.4. The standard InChI is InChI=1S/C34H35N7O3/c1-21-8-7-16-40(21)30-12-6-11-29(38-30)37-28-20-27(39-41-17-15-35-31(28)41)22-9-5-10-23(18-22)32(42)36-24-13-14-25(33(43)44)26(19-24)34(2,3)4/h5-6,9-15,17-21H,7-8,16H2,1-4H3,(H,36,42)(H,37,38)(H,43,44). The first-order valence-corrected chi connectivity index (χ1v) is 14.7. The SMILES string of the molecule is CC1CCCN1c1cccc(Nc2cc(-c3cccc(C(=O)Nc4ccc(C(=O)O)c(C(C)(C)C)c4)c3)nn3ccnc23)n1. The molecule has 1 aliphatic rings. The Hall–Kier alpha value is -5.25. The fourth-order valence-corrected chi connectivity index (χ4v) is 5.67. The van der Waals surface area contributed by atoms with E-state index in [0.29, 0.717) is 40.0 Å². The summed E-state index contributed by atoms with van der Waals surface area (Å²) in [5.74, 6) is 0.343. The number of carbonyl (C=O) groups excluding carboxylic acids is 1. The lowest BCUT2D eigenvalue weighted by Gasteiger charge is -2.23. The molecule has 44 heavy (non-hydrogen) atoms. The predicted molar refractivity (Wildman–Crippen MR) is 172 cm³/mol. The summed E-state index contributed by atoms with van der Waals surface area (Å²) < 4.78 is 1.70. The van der Waals surface area contributed by atoms with Gasteiger partial charge in [-0.2, -0.15) is 5.10 Å². The number of hydrogen-bond acceptors (Lipinski definition) is 7. The van der Waals surface area contributed by atoms with Crippen molar-refractivity contribution >= 4 is 40.5 Å². The monoisotopic (exact) mass is 589 g/mol. The molecule has 10 heteroatoms. The lowest BCUT2D eigenvalue weighted by atomic mass is 9.83. The zero-order valence-corrected chi connectivity index (χ0v) is 25.2. The number of pyridine rings is 1. The number of carbonyl (C=O) groups is 2. The van der Waals surface area contributed by atoms with Gasteiger partial charge in [0.2, 0.25) is 0 Å². The quantitative estimate of drug-likeness (QED) is 0.190. The maximum Gasteiger partial charge on any atom is 0.335 e. The van der Waals surface area contributed by atoms with Gasteiger partial charge in [-0.3, -0.25) is 4.79 Å². The molecule has 0 aliphatic carbocycles. The summed E-state index contributed by atoms with van der Waals surface area (Å²) in [6.45, 7) is 9.05. The Kier molecular flexibility index (Phi) is 7.50. The molecule has 1 unspecified atom stereocenters. The van der Waals surface area contributed by atoms with Crippen LogP contribution in [0.5, 0.6) is 0 Å². The second-order valence-electron chi connectivity index (χ2n) is 12.2. The first-order valence-electron chi connectivity index (χ1n) is 14.7. The summed E-state index contributed by atoms with van der Waals surface area (Å²) in [6.07, 6.45) is 5.80. The Bertz CT molecular complexity index is 1870. The lowest BCUT2D eigenvalue weighted by Crippen LogP contribution is -2.27. The molecule has 0 radical (unpaired) electrons. The Morgan fingerprint density at radius 2 is 1.84 bits per heavy atom. The number of carboxylic acid groups (broad SMARTS) is 1. The van der Waals surface area contributed by atoms with Crippen molar-refractivity contribution in [1.29, 1.82) is 0 Å². The number of hydrogen-bond donors (Lipinski definition) is 3. The van der Waals surface area contributed by atoms with Crippen LogP contribution in [-0.2, 0) is 5.41 Å². The van der Waals surface area contributed by atoms with E-state index in [-0.39, 0.29) is 11.5 Å². The average Bonchev–Trinajstić information content (AvgIpc) is 3.66. The van der Waals surface area contributed by atoms with E-state index >= 15 is 0 Å². The number of rotatable bonds is 7. The molecule has 5 aromatic rings.